The van der Waals surface area contributed by atoms with Crippen LogP contribution < -0.4 is 15.4 Å². The molecule has 0 atom stereocenters. The Morgan fingerprint density at radius 3 is 2.59 bits per heavy atom. The van der Waals surface area contributed by atoms with E-state index in [1.54, 1.807) is 23.7 Å². The molecule has 0 aliphatic carbocycles. The monoisotopic (exact) mass is 394 g/mol. The molecule has 0 radical (unpaired) electrons. The Kier molecular flexibility index (Phi) is 5.55. The Morgan fingerprint density at radius 1 is 1.15 bits per heavy atom. The minimum atomic E-state index is -4.73. The van der Waals surface area contributed by atoms with Gasteiger partial charge in [0.15, 0.2) is 5.13 Å². The molecule has 6 nitrogen and oxygen atoms in total. The van der Waals surface area contributed by atoms with Crippen LogP contribution in [0.5, 0.6) is 5.75 Å². The molecule has 0 aliphatic heterocycles. The van der Waals surface area contributed by atoms with Crippen LogP contribution in [0, 0.1) is 0 Å². The van der Waals surface area contributed by atoms with Gasteiger partial charge in [-0.1, -0.05) is 18.2 Å². The number of carbonyl (C=O) groups is 1. The lowest BCUT2D eigenvalue weighted by molar-refractivity contribution is -0.274. The number of benzene rings is 1. The molecule has 2 aromatic heterocycles. The molecule has 0 fully saturated rings. The minimum absolute atomic E-state index is 0.145. The van der Waals surface area contributed by atoms with Gasteiger partial charge in [0.1, 0.15) is 17.3 Å². The zero-order valence-electron chi connectivity index (χ0n) is 13.7. The average Bonchev–Trinajstić information content (AvgIpc) is 3.09. The molecule has 0 saturated carbocycles. The SMILES string of the molecule is O=C(NCc1ccc(OC(F)(F)F)cc1)c1csc(Nc2ccccn2)n1. The first-order chi connectivity index (χ1) is 12.9. The number of alkyl halides is 3. The molecule has 0 spiro atoms. The van der Waals surface area contributed by atoms with Crippen molar-refractivity contribution in [3.63, 3.8) is 0 Å². The molecule has 0 bridgehead atoms. The summed E-state index contributed by atoms with van der Waals surface area (Å²) in [7, 11) is 0. The number of carbonyl (C=O) groups excluding carboxylic acids is 1. The van der Waals surface area contributed by atoms with Crippen molar-refractivity contribution in [2.75, 3.05) is 5.32 Å². The molecule has 1 aromatic carbocycles. The predicted octanol–water partition coefficient (Wildman–Crippen LogP) is 4.11. The van der Waals surface area contributed by atoms with Crippen LogP contribution in [0.2, 0.25) is 0 Å². The van der Waals surface area contributed by atoms with Crippen molar-refractivity contribution in [1.29, 1.82) is 0 Å². The van der Waals surface area contributed by atoms with Crippen LogP contribution >= 0.6 is 11.3 Å². The van der Waals surface area contributed by atoms with Gasteiger partial charge in [0, 0.05) is 18.1 Å². The van der Waals surface area contributed by atoms with E-state index in [0.29, 0.717) is 16.5 Å². The first-order valence-electron chi connectivity index (χ1n) is 7.65. The highest BCUT2D eigenvalue weighted by Crippen LogP contribution is 2.23. The molecular formula is C17H13F3N4O2S. The Labute approximate surface area is 156 Å². The number of nitrogens with one attached hydrogen (secondary N) is 2. The Balaban J connectivity index is 1.53. The number of hydrogen-bond acceptors (Lipinski definition) is 6. The summed E-state index contributed by atoms with van der Waals surface area (Å²) < 4.78 is 40.2. The molecule has 10 heteroatoms. The van der Waals surface area contributed by atoms with Crippen molar-refractivity contribution >= 4 is 28.2 Å². The van der Waals surface area contributed by atoms with E-state index in [1.807, 2.05) is 6.07 Å². The number of amides is 1. The number of nitrogens with zero attached hydrogens (tertiary/aromatic N) is 2. The lowest BCUT2D eigenvalue weighted by atomic mass is 10.2. The van der Waals surface area contributed by atoms with Crippen molar-refractivity contribution in [2.24, 2.45) is 0 Å². The van der Waals surface area contributed by atoms with Crippen molar-refractivity contribution < 1.29 is 22.7 Å². The van der Waals surface area contributed by atoms with Gasteiger partial charge in [0.25, 0.3) is 5.91 Å². The maximum absolute atomic E-state index is 12.2. The summed E-state index contributed by atoms with van der Waals surface area (Å²) in [5, 5.41) is 7.77. The van der Waals surface area contributed by atoms with E-state index < -0.39 is 12.3 Å². The molecule has 0 aliphatic rings. The molecule has 1 amide bonds. The smallest absolute Gasteiger partial charge is 0.406 e. The highest BCUT2D eigenvalue weighted by molar-refractivity contribution is 7.14. The molecule has 0 saturated heterocycles. The molecule has 3 aromatic rings. The average molecular weight is 394 g/mol. The number of anilines is 2. The van der Waals surface area contributed by atoms with Gasteiger partial charge in [-0.05, 0) is 29.8 Å². The lowest BCUT2D eigenvalue weighted by Gasteiger charge is -2.09. The van der Waals surface area contributed by atoms with Gasteiger partial charge in [-0.2, -0.15) is 0 Å². The fourth-order valence-electron chi connectivity index (χ4n) is 2.06. The topological polar surface area (TPSA) is 76.1 Å². The highest BCUT2D eigenvalue weighted by Gasteiger charge is 2.30. The maximum Gasteiger partial charge on any atom is 0.573 e. The van der Waals surface area contributed by atoms with Crippen LogP contribution in [0.4, 0.5) is 24.1 Å². The molecule has 0 unspecified atom stereocenters. The number of aromatic nitrogens is 2. The van der Waals surface area contributed by atoms with Crippen LogP contribution in [0.3, 0.4) is 0 Å². The van der Waals surface area contributed by atoms with Gasteiger partial charge in [-0.15, -0.1) is 24.5 Å². The van der Waals surface area contributed by atoms with Crippen LogP contribution in [-0.2, 0) is 6.54 Å². The van der Waals surface area contributed by atoms with E-state index in [0.717, 1.165) is 0 Å². The largest absolute Gasteiger partial charge is 0.573 e. The van der Waals surface area contributed by atoms with Gasteiger partial charge in [-0.25, -0.2) is 9.97 Å². The summed E-state index contributed by atoms with van der Waals surface area (Å²) in [4.78, 5) is 20.4. The Morgan fingerprint density at radius 2 is 1.93 bits per heavy atom. The van der Waals surface area contributed by atoms with Crippen molar-refractivity contribution in [2.45, 2.75) is 12.9 Å². The normalized spacial score (nSPS) is 11.1. The number of ether oxygens (including phenoxy) is 1. The van der Waals surface area contributed by atoms with Crippen molar-refractivity contribution in [1.82, 2.24) is 15.3 Å². The fraction of sp³-hybridized carbons (Fsp3) is 0.118. The van der Waals surface area contributed by atoms with Gasteiger partial charge < -0.3 is 15.4 Å². The van der Waals surface area contributed by atoms with Crippen LogP contribution in [-0.4, -0.2) is 22.2 Å². The van der Waals surface area contributed by atoms with Crippen LogP contribution in [0.1, 0.15) is 16.1 Å². The predicted molar refractivity (Wildman–Crippen MR) is 93.9 cm³/mol. The third kappa shape index (κ3) is 5.68. The first kappa shape index (κ1) is 18.6. The fourth-order valence-corrected chi connectivity index (χ4v) is 2.76. The number of hydrogen-bond donors (Lipinski definition) is 2. The van der Waals surface area contributed by atoms with E-state index >= 15 is 0 Å². The summed E-state index contributed by atoms with van der Waals surface area (Å²) in [6.07, 6.45) is -3.10. The molecule has 3 rings (SSSR count). The number of halogens is 3. The second-order valence-corrected chi connectivity index (χ2v) is 6.11. The van der Waals surface area contributed by atoms with Crippen LogP contribution in [0.25, 0.3) is 0 Å². The van der Waals surface area contributed by atoms with E-state index in [-0.39, 0.29) is 18.0 Å². The third-order valence-electron chi connectivity index (χ3n) is 3.25. The maximum atomic E-state index is 12.2. The number of thiazole rings is 1. The summed E-state index contributed by atoms with van der Waals surface area (Å²) in [6.45, 7) is 0.145. The zero-order valence-corrected chi connectivity index (χ0v) is 14.5. The number of rotatable bonds is 6. The zero-order chi connectivity index (χ0) is 19.3. The minimum Gasteiger partial charge on any atom is -0.406 e. The van der Waals surface area contributed by atoms with Crippen LogP contribution in [0.15, 0.2) is 54.0 Å². The third-order valence-corrected chi connectivity index (χ3v) is 4.00. The quantitative estimate of drug-likeness (QED) is 0.658. The second-order valence-electron chi connectivity index (χ2n) is 5.25. The highest BCUT2D eigenvalue weighted by atomic mass is 32.1. The number of pyridine rings is 1. The van der Waals surface area contributed by atoms with Crippen molar-refractivity contribution in [3.8, 4) is 5.75 Å². The second kappa shape index (κ2) is 8.04. The Hall–Kier alpha value is -3.14. The molecule has 2 heterocycles. The molecular weight excluding hydrogens is 381 g/mol. The summed E-state index contributed by atoms with van der Waals surface area (Å²) in [5.74, 6) is -0.0989. The van der Waals surface area contributed by atoms with Gasteiger partial charge in [0.2, 0.25) is 0 Å². The van der Waals surface area contributed by atoms with Gasteiger partial charge in [-0.3, -0.25) is 4.79 Å². The Bertz CT molecular complexity index is 899. The van der Waals surface area contributed by atoms with E-state index in [9.17, 15) is 18.0 Å². The van der Waals surface area contributed by atoms with Gasteiger partial charge in [0.05, 0.1) is 0 Å². The van der Waals surface area contributed by atoms with E-state index in [1.165, 1.54) is 35.6 Å². The molecule has 27 heavy (non-hydrogen) atoms. The summed E-state index contributed by atoms with van der Waals surface area (Å²) in [5.41, 5.74) is 0.857. The van der Waals surface area contributed by atoms with Crippen molar-refractivity contribution in [3.05, 3.63) is 65.3 Å². The lowest BCUT2D eigenvalue weighted by Crippen LogP contribution is -2.23. The van der Waals surface area contributed by atoms with Gasteiger partial charge >= 0.3 is 6.36 Å². The summed E-state index contributed by atoms with van der Waals surface area (Å²) >= 11 is 1.26. The first-order valence-corrected chi connectivity index (χ1v) is 8.53. The molecule has 2 N–H and O–H groups in total. The van der Waals surface area contributed by atoms with E-state index in [2.05, 4.69) is 25.3 Å². The summed E-state index contributed by atoms with van der Waals surface area (Å²) in [6, 6.07) is 10.6. The van der Waals surface area contributed by atoms with E-state index in [4.69, 9.17) is 0 Å². The molecule has 140 valence electrons. The standard InChI is InChI=1S/C17H13F3N4O2S/c18-17(19,20)26-12-6-4-11(5-7-12)9-22-15(25)13-10-27-16(23-13)24-14-3-1-2-8-21-14/h1-8,10H,9H2,(H,22,25)(H,21,23,24).